The quantitative estimate of drug-likeness (QED) is 0.376. The van der Waals surface area contributed by atoms with Crippen LogP contribution < -0.4 is 5.84 Å². The Balaban J connectivity index is 1.57. The topological polar surface area (TPSA) is 69.2 Å². The Morgan fingerprint density at radius 3 is 2.70 bits per heavy atom. The summed E-state index contributed by atoms with van der Waals surface area (Å²) < 4.78 is 11.4. The van der Waals surface area contributed by atoms with E-state index in [1.165, 1.54) is 24.0 Å². The highest BCUT2D eigenvalue weighted by Gasteiger charge is 2.27. The van der Waals surface area contributed by atoms with Crippen molar-refractivity contribution >= 4 is 11.9 Å². The summed E-state index contributed by atoms with van der Waals surface area (Å²) in [5.41, 5.74) is 4.20. The number of benzene rings is 1. The number of nitrogens with two attached hydrogens (primary N) is 1. The molecular formula is C22H29N3O2. The summed E-state index contributed by atoms with van der Waals surface area (Å²) in [5.74, 6) is 12.7. The zero-order chi connectivity index (χ0) is 19.3. The normalized spacial score (nSPS) is 20.5. The molecule has 0 amide bonds. The van der Waals surface area contributed by atoms with Gasteiger partial charge >= 0.3 is 0 Å². The fourth-order valence-corrected chi connectivity index (χ4v) is 2.75. The minimum absolute atomic E-state index is 0.0645. The molecule has 0 atom stereocenters. The summed E-state index contributed by atoms with van der Waals surface area (Å²) in [7, 11) is 0. The van der Waals surface area contributed by atoms with Crippen molar-refractivity contribution in [3.63, 3.8) is 0 Å². The molecule has 2 N–H and O–H groups in total. The molecule has 5 heteroatoms. The van der Waals surface area contributed by atoms with Gasteiger partial charge < -0.3 is 15.3 Å². The highest BCUT2D eigenvalue weighted by Crippen LogP contribution is 2.27. The largest absolute Gasteiger partial charge is 0.350 e. The Kier molecular flexibility index (Phi) is 6.30. The summed E-state index contributed by atoms with van der Waals surface area (Å²) in [6.45, 7) is 8.14. The van der Waals surface area contributed by atoms with Crippen molar-refractivity contribution in [1.29, 1.82) is 0 Å². The molecule has 144 valence electrons. The van der Waals surface area contributed by atoms with Crippen molar-refractivity contribution in [1.82, 2.24) is 0 Å². The zero-order valence-electron chi connectivity index (χ0n) is 16.5. The molecule has 0 unspecified atom stereocenters. The molecule has 1 saturated carbocycles. The minimum atomic E-state index is -0.295. The smallest absolute Gasteiger partial charge is 0.176 e. The SMILES string of the molecule is Cc1ccc(C#CC2CC2)cc1C/C(C=NCC1OCC(C)(C)CO1)=N/N. The highest BCUT2D eigenvalue weighted by molar-refractivity contribution is 6.31. The first-order valence-corrected chi connectivity index (χ1v) is 9.56. The summed E-state index contributed by atoms with van der Waals surface area (Å²) in [5, 5.41) is 3.89. The molecule has 1 aromatic carbocycles. The maximum Gasteiger partial charge on any atom is 0.176 e. The van der Waals surface area contributed by atoms with Crippen LogP contribution in [0, 0.1) is 30.1 Å². The van der Waals surface area contributed by atoms with Crippen LogP contribution in [0.1, 0.15) is 43.4 Å². The predicted molar refractivity (Wildman–Crippen MR) is 109 cm³/mol. The second kappa shape index (κ2) is 8.69. The first-order chi connectivity index (χ1) is 12.9. The molecule has 1 saturated heterocycles. The average Bonchev–Trinajstić information content (AvgIpc) is 3.47. The number of nitrogens with zero attached hydrogens (tertiary/aromatic N) is 2. The Morgan fingerprint density at radius 1 is 1.30 bits per heavy atom. The first kappa shape index (κ1) is 19.6. The summed E-state index contributed by atoms with van der Waals surface area (Å²) in [4.78, 5) is 4.42. The molecule has 2 aliphatic rings. The minimum Gasteiger partial charge on any atom is -0.350 e. The van der Waals surface area contributed by atoms with Gasteiger partial charge in [-0.15, -0.1) is 0 Å². The standard InChI is InChI=1S/C22H29N3O2/c1-16-4-5-18(9-8-17-6-7-17)10-19(16)11-20(25-23)12-24-13-21-26-14-22(2,3)15-27-21/h4-5,10,12,17,21H,6-7,11,13-15,23H2,1-3H3/b24-12?,25-20-. The van der Waals surface area contributed by atoms with Gasteiger partial charge in [-0.25, -0.2) is 0 Å². The van der Waals surface area contributed by atoms with Crippen molar-refractivity contribution in [2.24, 2.45) is 27.3 Å². The average molecular weight is 367 g/mol. The summed E-state index contributed by atoms with van der Waals surface area (Å²) in [6, 6.07) is 6.29. The van der Waals surface area contributed by atoms with Gasteiger partial charge in [0.25, 0.3) is 0 Å². The van der Waals surface area contributed by atoms with Crippen LogP contribution in [0.4, 0.5) is 0 Å². The van der Waals surface area contributed by atoms with Gasteiger partial charge in [0.15, 0.2) is 6.29 Å². The third kappa shape index (κ3) is 6.20. The first-order valence-electron chi connectivity index (χ1n) is 9.56. The third-order valence-electron chi connectivity index (χ3n) is 4.70. The summed E-state index contributed by atoms with van der Waals surface area (Å²) in [6.07, 6.45) is 4.52. The number of hydrogen-bond donors (Lipinski definition) is 1. The molecule has 0 radical (unpaired) electrons. The van der Waals surface area contributed by atoms with Gasteiger partial charge in [-0.3, -0.25) is 4.99 Å². The van der Waals surface area contributed by atoms with Crippen molar-refractivity contribution in [3.8, 4) is 11.8 Å². The lowest BCUT2D eigenvalue weighted by Gasteiger charge is -2.33. The van der Waals surface area contributed by atoms with Gasteiger partial charge in [-0.1, -0.05) is 31.8 Å². The number of rotatable bonds is 5. The van der Waals surface area contributed by atoms with Gasteiger partial charge in [0, 0.05) is 29.5 Å². The Labute approximate surface area is 162 Å². The molecule has 1 aliphatic carbocycles. The van der Waals surface area contributed by atoms with E-state index in [-0.39, 0.29) is 11.7 Å². The molecule has 3 rings (SSSR count). The Bertz CT molecular complexity index is 772. The van der Waals surface area contributed by atoms with Crippen LogP contribution in [0.25, 0.3) is 0 Å². The van der Waals surface area contributed by atoms with Crippen LogP contribution in [0.15, 0.2) is 28.3 Å². The van der Waals surface area contributed by atoms with Gasteiger partial charge in [0.1, 0.15) is 0 Å². The molecular weight excluding hydrogens is 338 g/mol. The predicted octanol–water partition coefficient (Wildman–Crippen LogP) is 3.08. The number of aliphatic imine (C=N–C) groups is 1. The fourth-order valence-electron chi connectivity index (χ4n) is 2.75. The van der Waals surface area contributed by atoms with Crippen molar-refractivity contribution in [3.05, 3.63) is 34.9 Å². The van der Waals surface area contributed by atoms with Gasteiger partial charge in [0.2, 0.25) is 0 Å². The number of hydrogen-bond acceptors (Lipinski definition) is 5. The van der Waals surface area contributed by atoms with Gasteiger partial charge in [-0.2, -0.15) is 5.10 Å². The summed E-state index contributed by atoms with van der Waals surface area (Å²) >= 11 is 0. The van der Waals surface area contributed by atoms with E-state index in [1.807, 2.05) is 0 Å². The third-order valence-corrected chi connectivity index (χ3v) is 4.70. The molecule has 0 aromatic heterocycles. The van der Waals surface area contributed by atoms with Crippen LogP contribution >= 0.6 is 0 Å². The van der Waals surface area contributed by atoms with E-state index in [9.17, 15) is 0 Å². The van der Waals surface area contributed by atoms with E-state index in [0.29, 0.717) is 32.1 Å². The van der Waals surface area contributed by atoms with Crippen molar-refractivity contribution in [2.75, 3.05) is 19.8 Å². The Hall–Kier alpha value is -2.16. The van der Waals surface area contributed by atoms with Crippen LogP contribution in [0.2, 0.25) is 0 Å². The van der Waals surface area contributed by atoms with Crippen LogP contribution in [-0.2, 0) is 15.9 Å². The van der Waals surface area contributed by atoms with E-state index in [1.54, 1.807) is 6.21 Å². The number of ether oxygens (including phenoxy) is 2. The van der Waals surface area contributed by atoms with Crippen molar-refractivity contribution in [2.45, 2.75) is 46.3 Å². The van der Waals surface area contributed by atoms with Crippen molar-refractivity contribution < 1.29 is 9.47 Å². The molecule has 1 aromatic rings. The highest BCUT2D eigenvalue weighted by atomic mass is 16.7. The monoisotopic (exact) mass is 367 g/mol. The van der Waals surface area contributed by atoms with Crippen LogP contribution in [0.3, 0.4) is 0 Å². The molecule has 0 spiro atoms. The number of hydrazone groups is 1. The van der Waals surface area contributed by atoms with E-state index in [0.717, 1.165) is 11.3 Å². The molecule has 1 heterocycles. The Morgan fingerprint density at radius 2 is 2.04 bits per heavy atom. The van der Waals surface area contributed by atoms with E-state index in [2.05, 4.69) is 60.9 Å². The molecule has 2 fully saturated rings. The molecule has 5 nitrogen and oxygen atoms in total. The fraction of sp³-hybridized carbons (Fsp3) is 0.545. The maximum atomic E-state index is 5.69. The zero-order valence-corrected chi connectivity index (χ0v) is 16.5. The lowest BCUT2D eigenvalue weighted by molar-refractivity contribution is -0.215. The van der Waals surface area contributed by atoms with E-state index >= 15 is 0 Å². The maximum absolute atomic E-state index is 5.69. The molecule has 27 heavy (non-hydrogen) atoms. The van der Waals surface area contributed by atoms with Crippen LogP contribution in [0.5, 0.6) is 0 Å². The number of aryl methyl sites for hydroxylation is 1. The lowest BCUT2D eigenvalue weighted by atomic mass is 9.96. The van der Waals surface area contributed by atoms with Crippen LogP contribution in [-0.4, -0.2) is 38.0 Å². The second-order valence-corrected chi connectivity index (χ2v) is 8.19. The molecule has 1 aliphatic heterocycles. The van der Waals surface area contributed by atoms with Gasteiger partial charge in [-0.05, 0) is 43.0 Å². The molecule has 0 bridgehead atoms. The van der Waals surface area contributed by atoms with E-state index < -0.39 is 0 Å². The lowest BCUT2D eigenvalue weighted by Crippen LogP contribution is -2.39. The van der Waals surface area contributed by atoms with E-state index in [4.69, 9.17) is 15.3 Å². The van der Waals surface area contributed by atoms with Gasteiger partial charge in [0.05, 0.1) is 25.5 Å². The second-order valence-electron chi connectivity index (χ2n) is 8.19.